The van der Waals surface area contributed by atoms with Crippen LogP contribution < -0.4 is 0 Å². The van der Waals surface area contributed by atoms with Gasteiger partial charge in [-0.05, 0) is 6.42 Å². The first-order chi connectivity index (χ1) is 4.41. The lowest BCUT2D eigenvalue weighted by Crippen LogP contribution is -1.54. The summed E-state index contributed by atoms with van der Waals surface area (Å²) in [4.78, 5) is 6.42. The van der Waals surface area contributed by atoms with E-state index < -0.39 is 0 Å². The summed E-state index contributed by atoms with van der Waals surface area (Å²) < 4.78 is 0. The normalized spacial score (nSPS) is 7.78. The molecule has 0 saturated heterocycles. The van der Waals surface area contributed by atoms with Crippen LogP contribution in [-0.4, -0.2) is 15.3 Å². The maximum absolute atomic E-state index is 3.67. The molecular weight excluding hydrogens is 180 g/mol. The van der Waals surface area contributed by atoms with Gasteiger partial charge in [0.1, 0.15) is 0 Å². The minimum atomic E-state index is 1.13. The highest BCUT2D eigenvalue weighted by molar-refractivity contribution is 9.09. The molecule has 1 N–H and O–H groups in total. The van der Waals surface area contributed by atoms with E-state index in [2.05, 4.69) is 32.8 Å². The van der Waals surface area contributed by atoms with Crippen molar-refractivity contribution in [2.24, 2.45) is 0 Å². The summed E-state index contributed by atoms with van der Waals surface area (Å²) >= 11 is 3.25. The Morgan fingerprint density at radius 3 is 2.44 bits per heavy atom. The maximum atomic E-state index is 3.67. The molecule has 1 heterocycles. The van der Waals surface area contributed by atoms with Gasteiger partial charge in [0, 0.05) is 17.7 Å². The predicted octanol–water partition coefficient (Wildman–Crippen LogP) is 2.20. The number of aromatic nitrogens is 2. The molecule has 0 saturated carbocycles. The molecule has 0 bridgehead atoms. The molecule has 3 heteroatoms. The van der Waals surface area contributed by atoms with Crippen LogP contribution in [0.2, 0.25) is 0 Å². The van der Waals surface area contributed by atoms with E-state index in [0.29, 0.717) is 0 Å². The number of halogens is 1. The second-order valence-electron chi connectivity index (χ2n) is 1.45. The van der Waals surface area contributed by atoms with Crippen LogP contribution in [0.1, 0.15) is 13.3 Å². The number of H-pyrrole nitrogens is 1. The van der Waals surface area contributed by atoms with Gasteiger partial charge in [0.2, 0.25) is 0 Å². The Morgan fingerprint density at radius 2 is 2.33 bits per heavy atom. The van der Waals surface area contributed by atoms with Gasteiger partial charge >= 0.3 is 0 Å². The van der Waals surface area contributed by atoms with Crippen molar-refractivity contribution in [3.8, 4) is 0 Å². The fraction of sp³-hybridized carbons (Fsp3) is 0.500. The molecular formula is C6H11BrN2. The Kier molecular flexibility index (Phi) is 7.43. The van der Waals surface area contributed by atoms with E-state index in [1.54, 1.807) is 18.7 Å². The zero-order valence-corrected chi connectivity index (χ0v) is 7.06. The molecule has 0 aromatic carbocycles. The van der Waals surface area contributed by atoms with E-state index in [1.165, 1.54) is 6.42 Å². The molecule has 0 fully saturated rings. The highest BCUT2D eigenvalue weighted by atomic mass is 79.9. The lowest BCUT2D eigenvalue weighted by molar-refractivity contribution is 1.12. The fourth-order valence-corrected chi connectivity index (χ4v) is 0.215. The Labute approximate surface area is 63.8 Å². The Bertz CT molecular complexity index is 86.6. The third-order valence-corrected chi connectivity index (χ3v) is 1.39. The van der Waals surface area contributed by atoms with E-state index in [4.69, 9.17) is 0 Å². The van der Waals surface area contributed by atoms with Crippen LogP contribution in [0.5, 0.6) is 0 Å². The SMILES string of the molecule is CCCBr.c1c[nH]cn1. The molecule has 0 radical (unpaired) electrons. The van der Waals surface area contributed by atoms with E-state index >= 15 is 0 Å². The third kappa shape index (κ3) is 7.69. The topological polar surface area (TPSA) is 28.7 Å². The van der Waals surface area contributed by atoms with Gasteiger partial charge in [0.25, 0.3) is 0 Å². The van der Waals surface area contributed by atoms with Crippen LogP contribution >= 0.6 is 15.9 Å². The Morgan fingerprint density at radius 1 is 1.67 bits per heavy atom. The van der Waals surface area contributed by atoms with Gasteiger partial charge in [0.05, 0.1) is 6.33 Å². The fourth-order valence-electron chi connectivity index (χ4n) is 0.215. The smallest absolute Gasteiger partial charge is 0.0919 e. The first kappa shape index (κ1) is 8.69. The van der Waals surface area contributed by atoms with Crippen LogP contribution in [0, 0.1) is 0 Å². The number of rotatable bonds is 1. The van der Waals surface area contributed by atoms with Crippen molar-refractivity contribution in [2.75, 3.05) is 5.33 Å². The average Bonchev–Trinajstić information content (AvgIpc) is 2.43. The second kappa shape index (κ2) is 7.69. The summed E-state index contributed by atoms with van der Waals surface area (Å²) in [5, 5.41) is 1.13. The van der Waals surface area contributed by atoms with Crippen LogP contribution in [0.25, 0.3) is 0 Å². The number of imidazole rings is 1. The number of hydrogen-bond acceptors (Lipinski definition) is 1. The van der Waals surface area contributed by atoms with Crippen molar-refractivity contribution in [1.82, 2.24) is 9.97 Å². The lowest BCUT2D eigenvalue weighted by atomic mass is 10.6. The molecule has 0 unspecified atom stereocenters. The van der Waals surface area contributed by atoms with Gasteiger partial charge in [-0.3, -0.25) is 0 Å². The number of alkyl halides is 1. The Balaban J connectivity index is 0.000000148. The van der Waals surface area contributed by atoms with Crippen LogP contribution in [0.4, 0.5) is 0 Å². The lowest BCUT2D eigenvalue weighted by Gasteiger charge is -1.66. The zero-order valence-electron chi connectivity index (χ0n) is 5.47. The van der Waals surface area contributed by atoms with E-state index in [9.17, 15) is 0 Å². The van der Waals surface area contributed by atoms with E-state index in [-0.39, 0.29) is 0 Å². The van der Waals surface area contributed by atoms with Gasteiger partial charge < -0.3 is 4.98 Å². The van der Waals surface area contributed by atoms with Crippen molar-refractivity contribution in [1.29, 1.82) is 0 Å². The molecule has 2 nitrogen and oxygen atoms in total. The molecule has 1 aromatic rings. The first-order valence-corrected chi connectivity index (χ1v) is 4.02. The molecule has 0 aliphatic heterocycles. The molecule has 0 spiro atoms. The van der Waals surface area contributed by atoms with Crippen LogP contribution in [0.15, 0.2) is 18.7 Å². The largest absolute Gasteiger partial charge is 0.351 e. The summed E-state index contributed by atoms with van der Waals surface area (Å²) in [6, 6.07) is 0. The molecule has 52 valence electrons. The van der Waals surface area contributed by atoms with E-state index in [1.807, 2.05) is 0 Å². The minimum Gasteiger partial charge on any atom is -0.351 e. The third-order valence-electron chi connectivity index (χ3n) is 0.595. The molecule has 0 amide bonds. The molecule has 0 aliphatic rings. The van der Waals surface area contributed by atoms with Crippen molar-refractivity contribution < 1.29 is 0 Å². The van der Waals surface area contributed by atoms with Gasteiger partial charge in [-0.25, -0.2) is 4.98 Å². The highest BCUT2D eigenvalue weighted by Crippen LogP contribution is 1.80. The van der Waals surface area contributed by atoms with Crippen molar-refractivity contribution in [2.45, 2.75) is 13.3 Å². The van der Waals surface area contributed by atoms with Gasteiger partial charge in [0.15, 0.2) is 0 Å². The number of nitrogens with zero attached hydrogens (tertiary/aromatic N) is 1. The summed E-state index contributed by atoms with van der Waals surface area (Å²) in [7, 11) is 0. The van der Waals surface area contributed by atoms with Crippen molar-refractivity contribution in [3.05, 3.63) is 18.7 Å². The second-order valence-corrected chi connectivity index (χ2v) is 2.24. The monoisotopic (exact) mass is 190 g/mol. The summed E-state index contributed by atoms with van der Waals surface area (Å²) in [5.74, 6) is 0. The quantitative estimate of drug-likeness (QED) is 0.677. The van der Waals surface area contributed by atoms with E-state index in [0.717, 1.165) is 5.33 Å². The van der Waals surface area contributed by atoms with Crippen LogP contribution in [0.3, 0.4) is 0 Å². The number of aromatic amines is 1. The van der Waals surface area contributed by atoms with Gasteiger partial charge in [-0.1, -0.05) is 22.9 Å². The van der Waals surface area contributed by atoms with Gasteiger partial charge in [-0.2, -0.15) is 0 Å². The summed E-state index contributed by atoms with van der Waals surface area (Å²) in [5.41, 5.74) is 0. The highest BCUT2D eigenvalue weighted by Gasteiger charge is 1.58. The van der Waals surface area contributed by atoms with Gasteiger partial charge in [-0.15, -0.1) is 0 Å². The molecule has 9 heavy (non-hydrogen) atoms. The maximum Gasteiger partial charge on any atom is 0.0919 e. The first-order valence-electron chi connectivity index (χ1n) is 2.90. The molecule has 0 atom stereocenters. The summed E-state index contributed by atoms with van der Waals surface area (Å²) in [6.07, 6.45) is 6.32. The number of hydrogen-bond donors (Lipinski definition) is 1. The van der Waals surface area contributed by atoms with Crippen LogP contribution in [-0.2, 0) is 0 Å². The van der Waals surface area contributed by atoms with Crippen molar-refractivity contribution in [3.63, 3.8) is 0 Å². The summed E-state index contributed by atoms with van der Waals surface area (Å²) in [6.45, 7) is 2.13. The molecule has 1 rings (SSSR count). The predicted molar refractivity (Wildman–Crippen MR) is 42.7 cm³/mol. The Hall–Kier alpha value is -0.310. The minimum absolute atomic E-state index is 1.13. The molecule has 0 aliphatic carbocycles. The zero-order chi connectivity index (χ0) is 6.95. The standard InChI is InChI=1S/C3H7Br.C3H4N2/c1-2-3-4;1-2-5-3-4-1/h2-3H2,1H3;1-3H,(H,4,5). The molecule has 1 aromatic heterocycles. The number of nitrogens with one attached hydrogen (secondary N) is 1. The van der Waals surface area contributed by atoms with Crippen molar-refractivity contribution >= 4 is 15.9 Å². The average molecular weight is 191 g/mol.